The van der Waals surface area contributed by atoms with Gasteiger partial charge in [-0.1, -0.05) is 0 Å². The van der Waals surface area contributed by atoms with Crippen LogP contribution in [0.25, 0.3) is 0 Å². The molecular weight excluding hydrogens is 404 g/mol. The molecule has 1 aliphatic rings. The van der Waals surface area contributed by atoms with E-state index < -0.39 is 73.0 Å². The van der Waals surface area contributed by atoms with E-state index in [4.69, 9.17) is 15.3 Å². The predicted molar refractivity (Wildman–Crippen MR) is 100 cm³/mol. The quantitative estimate of drug-likeness (QED) is 0.152. The summed E-state index contributed by atoms with van der Waals surface area (Å²) >= 11 is 0. The molecule has 1 heterocycles. The van der Waals surface area contributed by atoms with Crippen molar-refractivity contribution in [2.45, 2.75) is 62.9 Å². The van der Waals surface area contributed by atoms with Crippen LogP contribution in [0.1, 0.15) is 32.6 Å². The second-order valence-electron chi connectivity index (χ2n) is 6.95. The minimum atomic E-state index is -1.65. The number of carboxylic acids is 2. The number of carbonyl (C=O) groups excluding carboxylic acids is 3. The van der Waals surface area contributed by atoms with Gasteiger partial charge in [-0.15, -0.1) is 0 Å². The third-order valence-corrected chi connectivity index (χ3v) is 4.52. The zero-order valence-electron chi connectivity index (χ0n) is 16.5. The van der Waals surface area contributed by atoms with Gasteiger partial charge in [0.05, 0.1) is 18.8 Å². The number of amides is 3. The highest BCUT2D eigenvalue weighted by molar-refractivity contribution is 5.94. The van der Waals surface area contributed by atoms with Crippen LogP contribution in [0.2, 0.25) is 0 Å². The van der Waals surface area contributed by atoms with Gasteiger partial charge in [0.2, 0.25) is 17.7 Å². The van der Waals surface area contributed by atoms with Crippen molar-refractivity contribution in [1.82, 2.24) is 21.3 Å². The molecule has 0 saturated carbocycles. The van der Waals surface area contributed by atoms with Crippen molar-refractivity contribution in [3.8, 4) is 0 Å². The van der Waals surface area contributed by atoms with E-state index in [9.17, 15) is 29.1 Å². The van der Waals surface area contributed by atoms with Crippen LogP contribution in [-0.2, 0) is 24.0 Å². The number of hydrogen-bond acceptors (Lipinski definition) is 8. The van der Waals surface area contributed by atoms with Crippen molar-refractivity contribution in [3.63, 3.8) is 0 Å². The van der Waals surface area contributed by atoms with Crippen LogP contribution in [0, 0.1) is 0 Å². The molecule has 0 radical (unpaired) electrons. The van der Waals surface area contributed by atoms with Gasteiger partial charge in [0.15, 0.2) is 0 Å². The molecule has 1 aliphatic heterocycles. The summed E-state index contributed by atoms with van der Waals surface area (Å²) in [6, 6.07) is -5.06. The molecule has 1 saturated heterocycles. The first-order chi connectivity index (χ1) is 14.1. The number of carboxylic acid groups (broad SMARTS) is 2. The van der Waals surface area contributed by atoms with Gasteiger partial charge in [0.1, 0.15) is 18.1 Å². The fourth-order valence-corrected chi connectivity index (χ4v) is 2.82. The fraction of sp³-hybridized carbons (Fsp3) is 0.706. The summed E-state index contributed by atoms with van der Waals surface area (Å²) in [7, 11) is 0. The molecule has 13 nitrogen and oxygen atoms in total. The van der Waals surface area contributed by atoms with Crippen LogP contribution in [-0.4, -0.2) is 93.5 Å². The van der Waals surface area contributed by atoms with Gasteiger partial charge in [-0.25, -0.2) is 4.79 Å². The Kier molecular flexibility index (Phi) is 10.1. The summed E-state index contributed by atoms with van der Waals surface area (Å²) in [5.74, 6) is -5.20. The maximum absolute atomic E-state index is 12.6. The normalized spacial score (nSPS) is 19.8. The molecule has 8 N–H and O–H groups in total. The molecule has 3 amide bonds. The molecule has 0 spiro atoms. The molecule has 0 bridgehead atoms. The Hall–Kier alpha value is -2.77. The fourth-order valence-electron chi connectivity index (χ4n) is 2.82. The van der Waals surface area contributed by atoms with Gasteiger partial charge < -0.3 is 41.7 Å². The minimum Gasteiger partial charge on any atom is -0.481 e. The van der Waals surface area contributed by atoms with E-state index in [2.05, 4.69) is 16.0 Å². The summed E-state index contributed by atoms with van der Waals surface area (Å²) in [4.78, 5) is 59.0. The zero-order valence-corrected chi connectivity index (χ0v) is 16.5. The number of nitrogens with one attached hydrogen (secondary N) is 4. The highest BCUT2D eigenvalue weighted by Gasteiger charge is 2.33. The molecule has 0 aromatic rings. The monoisotopic (exact) mass is 432 g/mol. The average Bonchev–Trinajstić information content (AvgIpc) is 3.21. The lowest BCUT2D eigenvalue weighted by atomic mass is 10.1. The van der Waals surface area contributed by atoms with E-state index in [1.807, 2.05) is 5.32 Å². The molecule has 0 aromatic carbocycles. The lowest BCUT2D eigenvalue weighted by Crippen LogP contribution is -2.60. The molecule has 13 heteroatoms. The maximum atomic E-state index is 12.6. The number of aliphatic carboxylic acids is 2. The molecular formula is C17H28N4O9. The Balaban J connectivity index is 2.87. The van der Waals surface area contributed by atoms with Crippen LogP contribution < -0.4 is 21.3 Å². The predicted octanol–water partition coefficient (Wildman–Crippen LogP) is -3.48. The van der Waals surface area contributed by atoms with Gasteiger partial charge in [-0.3, -0.25) is 19.2 Å². The zero-order chi connectivity index (χ0) is 22.8. The van der Waals surface area contributed by atoms with Crippen molar-refractivity contribution in [1.29, 1.82) is 0 Å². The number of carbonyl (C=O) groups is 5. The maximum Gasteiger partial charge on any atom is 0.328 e. The molecule has 0 aliphatic carbocycles. The van der Waals surface area contributed by atoms with Crippen LogP contribution in [0.15, 0.2) is 0 Å². The van der Waals surface area contributed by atoms with Gasteiger partial charge in [-0.05, 0) is 32.7 Å². The molecule has 1 rings (SSSR count). The van der Waals surface area contributed by atoms with Crippen molar-refractivity contribution in [3.05, 3.63) is 0 Å². The van der Waals surface area contributed by atoms with E-state index >= 15 is 0 Å². The summed E-state index contributed by atoms with van der Waals surface area (Å²) in [6.45, 7) is 0.893. The minimum absolute atomic E-state index is 0.262. The Morgan fingerprint density at radius 1 is 1.03 bits per heavy atom. The number of aliphatic hydroxyl groups excluding tert-OH is 2. The van der Waals surface area contributed by atoms with Crippen molar-refractivity contribution < 1.29 is 44.4 Å². The largest absolute Gasteiger partial charge is 0.481 e. The molecule has 5 atom stereocenters. The van der Waals surface area contributed by atoms with Gasteiger partial charge >= 0.3 is 11.9 Å². The van der Waals surface area contributed by atoms with E-state index in [1.165, 1.54) is 6.92 Å². The Labute approximate surface area is 172 Å². The van der Waals surface area contributed by atoms with Crippen LogP contribution in [0.4, 0.5) is 0 Å². The van der Waals surface area contributed by atoms with E-state index in [0.717, 1.165) is 6.42 Å². The van der Waals surface area contributed by atoms with Crippen molar-refractivity contribution in [2.75, 3.05) is 13.2 Å². The first kappa shape index (κ1) is 25.3. The Bertz CT molecular complexity index is 649. The van der Waals surface area contributed by atoms with Crippen LogP contribution in [0.5, 0.6) is 0 Å². The second-order valence-corrected chi connectivity index (χ2v) is 6.95. The standard InChI is InChI=1S/C17H28N4O9/c1-8(23)13(16(28)20-11(7-22)17(29)30)21-15(27)10(4-5-12(24)25)19-14(26)9-3-2-6-18-9/h8-11,13,18,22-23H,2-7H2,1H3,(H,19,26)(H,20,28)(H,21,27)(H,24,25)(H,29,30). The number of rotatable bonds is 12. The molecule has 0 aromatic heterocycles. The summed E-state index contributed by atoms with van der Waals surface area (Å²) in [6.07, 6.45) is -0.829. The molecule has 170 valence electrons. The van der Waals surface area contributed by atoms with E-state index in [1.54, 1.807) is 0 Å². The highest BCUT2D eigenvalue weighted by atomic mass is 16.4. The molecule has 1 fully saturated rings. The average molecular weight is 432 g/mol. The first-order valence-electron chi connectivity index (χ1n) is 9.44. The second kappa shape index (κ2) is 12.0. The Morgan fingerprint density at radius 2 is 1.70 bits per heavy atom. The van der Waals surface area contributed by atoms with Crippen molar-refractivity contribution in [2.24, 2.45) is 0 Å². The van der Waals surface area contributed by atoms with E-state index in [-0.39, 0.29) is 6.42 Å². The highest BCUT2D eigenvalue weighted by Crippen LogP contribution is 2.07. The van der Waals surface area contributed by atoms with Crippen molar-refractivity contribution >= 4 is 29.7 Å². The SMILES string of the molecule is CC(O)C(NC(=O)C(CCC(=O)O)NC(=O)C1CCCN1)C(=O)NC(CO)C(=O)O. The topological polar surface area (TPSA) is 214 Å². The Morgan fingerprint density at radius 3 is 2.17 bits per heavy atom. The summed E-state index contributed by atoms with van der Waals surface area (Å²) in [5.41, 5.74) is 0. The lowest BCUT2D eigenvalue weighted by molar-refractivity contribution is -0.144. The summed E-state index contributed by atoms with van der Waals surface area (Å²) < 4.78 is 0. The van der Waals surface area contributed by atoms with E-state index in [0.29, 0.717) is 13.0 Å². The van der Waals surface area contributed by atoms with Crippen LogP contribution >= 0.6 is 0 Å². The van der Waals surface area contributed by atoms with Gasteiger partial charge in [0, 0.05) is 6.42 Å². The lowest BCUT2D eigenvalue weighted by Gasteiger charge is -2.26. The smallest absolute Gasteiger partial charge is 0.328 e. The summed E-state index contributed by atoms with van der Waals surface area (Å²) in [5, 5.41) is 46.2. The number of aliphatic hydroxyl groups is 2. The third-order valence-electron chi connectivity index (χ3n) is 4.52. The molecule has 5 unspecified atom stereocenters. The van der Waals surface area contributed by atoms with Crippen LogP contribution in [0.3, 0.4) is 0 Å². The van der Waals surface area contributed by atoms with Gasteiger partial charge in [-0.2, -0.15) is 0 Å². The molecule has 30 heavy (non-hydrogen) atoms. The first-order valence-corrected chi connectivity index (χ1v) is 9.44. The van der Waals surface area contributed by atoms with Gasteiger partial charge in [0.25, 0.3) is 0 Å². The number of hydrogen-bond donors (Lipinski definition) is 8. The third kappa shape index (κ3) is 7.93.